The molecule has 0 unspecified atom stereocenters. The quantitative estimate of drug-likeness (QED) is 0.461. The second kappa shape index (κ2) is 6.67. The SMILES string of the molecule is CC#CCC(=O)CC/C(C)=C\C. The predicted molar refractivity (Wildman–Crippen MR) is 51.7 cm³/mol. The lowest BCUT2D eigenvalue weighted by atomic mass is 10.1. The van der Waals surface area contributed by atoms with Gasteiger partial charge in [0.15, 0.2) is 0 Å². The number of rotatable bonds is 4. The fourth-order valence-corrected chi connectivity index (χ4v) is 0.756. The molecule has 0 radical (unpaired) electrons. The molecule has 0 aromatic rings. The molecule has 0 spiro atoms. The van der Waals surface area contributed by atoms with Crippen LogP contribution in [0.5, 0.6) is 0 Å². The Morgan fingerprint density at radius 1 is 1.42 bits per heavy atom. The summed E-state index contributed by atoms with van der Waals surface area (Å²) in [7, 11) is 0. The molecule has 0 aromatic heterocycles. The first-order chi connectivity index (χ1) is 5.70. The second-order valence-electron chi connectivity index (χ2n) is 2.78. The molecular weight excluding hydrogens is 148 g/mol. The van der Waals surface area contributed by atoms with Crippen molar-refractivity contribution < 1.29 is 4.79 Å². The van der Waals surface area contributed by atoms with Crippen LogP contribution in [0.15, 0.2) is 11.6 Å². The lowest BCUT2D eigenvalue weighted by Crippen LogP contribution is -1.95. The molecule has 66 valence electrons. The smallest absolute Gasteiger partial charge is 0.145 e. The lowest BCUT2D eigenvalue weighted by molar-refractivity contribution is -0.118. The third kappa shape index (κ3) is 5.73. The molecule has 0 aliphatic heterocycles. The first-order valence-corrected chi connectivity index (χ1v) is 4.23. The van der Waals surface area contributed by atoms with Crippen molar-refractivity contribution in [3.05, 3.63) is 11.6 Å². The molecule has 0 aliphatic carbocycles. The molecule has 0 aromatic carbocycles. The number of hydrogen-bond donors (Lipinski definition) is 0. The van der Waals surface area contributed by atoms with E-state index in [1.54, 1.807) is 6.92 Å². The number of ketones is 1. The third-order valence-electron chi connectivity index (χ3n) is 1.75. The standard InChI is InChI=1S/C11H16O/c1-4-6-7-11(12)9-8-10(3)5-2/h5H,7-9H2,1-3H3/b10-5-. The van der Waals surface area contributed by atoms with Crippen molar-refractivity contribution in [1.82, 2.24) is 0 Å². The zero-order chi connectivity index (χ0) is 9.40. The number of Topliss-reactive ketones (excluding diaryl/α,β-unsaturated/α-hetero) is 1. The highest BCUT2D eigenvalue weighted by molar-refractivity contribution is 5.80. The monoisotopic (exact) mass is 164 g/mol. The van der Waals surface area contributed by atoms with Gasteiger partial charge in [0.05, 0.1) is 6.42 Å². The fourth-order valence-electron chi connectivity index (χ4n) is 0.756. The average molecular weight is 164 g/mol. The van der Waals surface area contributed by atoms with E-state index in [2.05, 4.69) is 11.8 Å². The largest absolute Gasteiger partial charge is 0.299 e. The Morgan fingerprint density at radius 2 is 2.08 bits per heavy atom. The Balaban J connectivity index is 3.62. The Hall–Kier alpha value is -1.03. The number of carbonyl (C=O) groups excluding carboxylic acids is 1. The molecule has 0 atom stereocenters. The van der Waals surface area contributed by atoms with E-state index >= 15 is 0 Å². The topological polar surface area (TPSA) is 17.1 Å². The van der Waals surface area contributed by atoms with Crippen molar-refractivity contribution in [2.24, 2.45) is 0 Å². The molecule has 0 saturated carbocycles. The van der Waals surface area contributed by atoms with Gasteiger partial charge >= 0.3 is 0 Å². The third-order valence-corrected chi connectivity index (χ3v) is 1.75. The van der Waals surface area contributed by atoms with Gasteiger partial charge in [-0.25, -0.2) is 0 Å². The summed E-state index contributed by atoms with van der Waals surface area (Å²) in [6.07, 6.45) is 3.96. The maximum Gasteiger partial charge on any atom is 0.145 e. The van der Waals surface area contributed by atoms with E-state index in [1.165, 1.54) is 5.57 Å². The van der Waals surface area contributed by atoms with Gasteiger partial charge < -0.3 is 0 Å². The molecule has 0 heterocycles. The van der Waals surface area contributed by atoms with Gasteiger partial charge in [-0.3, -0.25) is 4.79 Å². The summed E-state index contributed by atoms with van der Waals surface area (Å²) >= 11 is 0. The summed E-state index contributed by atoms with van der Waals surface area (Å²) in [5.41, 5.74) is 1.27. The van der Waals surface area contributed by atoms with Gasteiger partial charge in [-0.05, 0) is 27.2 Å². The van der Waals surface area contributed by atoms with E-state index < -0.39 is 0 Å². The number of carbonyl (C=O) groups is 1. The van der Waals surface area contributed by atoms with Crippen LogP contribution in [0.2, 0.25) is 0 Å². The van der Waals surface area contributed by atoms with Crippen LogP contribution < -0.4 is 0 Å². The Kier molecular flexibility index (Phi) is 6.09. The van der Waals surface area contributed by atoms with Crippen LogP contribution in [-0.4, -0.2) is 5.78 Å². The molecule has 0 amide bonds. The van der Waals surface area contributed by atoms with Crippen molar-refractivity contribution in [2.75, 3.05) is 0 Å². The fraction of sp³-hybridized carbons (Fsp3) is 0.545. The maximum absolute atomic E-state index is 11.1. The van der Waals surface area contributed by atoms with Gasteiger partial charge in [-0.15, -0.1) is 5.92 Å². The van der Waals surface area contributed by atoms with E-state index in [4.69, 9.17) is 0 Å². The van der Waals surface area contributed by atoms with Crippen LogP contribution in [0, 0.1) is 11.8 Å². The van der Waals surface area contributed by atoms with Crippen molar-refractivity contribution in [3.63, 3.8) is 0 Å². The minimum Gasteiger partial charge on any atom is -0.299 e. The van der Waals surface area contributed by atoms with Crippen molar-refractivity contribution in [2.45, 2.75) is 40.0 Å². The summed E-state index contributed by atoms with van der Waals surface area (Å²) in [5, 5.41) is 0. The molecule has 1 nitrogen and oxygen atoms in total. The molecule has 0 fully saturated rings. The highest BCUT2D eigenvalue weighted by atomic mass is 16.1. The van der Waals surface area contributed by atoms with Crippen LogP contribution in [0.1, 0.15) is 40.0 Å². The zero-order valence-electron chi connectivity index (χ0n) is 8.11. The van der Waals surface area contributed by atoms with Gasteiger partial charge in [0, 0.05) is 6.42 Å². The molecule has 0 bridgehead atoms. The van der Waals surface area contributed by atoms with Gasteiger partial charge in [0.2, 0.25) is 0 Å². The van der Waals surface area contributed by atoms with Gasteiger partial charge in [-0.1, -0.05) is 17.6 Å². The minimum atomic E-state index is 0.241. The molecule has 0 aliphatic rings. The van der Waals surface area contributed by atoms with E-state index in [-0.39, 0.29) is 5.78 Å². The summed E-state index contributed by atoms with van der Waals surface area (Å²) in [4.78, 5) is 11.1. The van der Waals surface area contributed by atoms with Crippen LogP contribution in [-0.2, 0) is 4.79 Å². The molecule has 0 saturated heterocycles. The maximum atomic E-state index is 11.1. The highest BCUT2D eigenvalue weighted by Crippen LogP contribution is 2.04. The normalized spacial score (nSPS) is 10.4. The summed E-state index contributed by atoms with van der Waals surface area (Å²) in [6.45, 7) is 5.79. The summed E-state index contributed by atoms with van der Waals surface area (Å²) < 4.78 is 0. The zero-order valence-corrected chi connectivity index (χ0v) is 8.11. The van der Waals surface area contributed by atoms with Gasteiger partial charge in [-0.2, -0.15) is 0 Å². The summed E-state index contributed by atoms with van der Waals surface area (Å²) in [5.74, 6) is 5.73. The van der Waals surface area contributed by atoms with E-state index in [9.17, 15) is 4.79 Å². The molecular formula is C11H16O. The lowest BCUT2D eigenvalue weighted by Gasteiger charge is -1.96. The first kappa shape index (κ1) is 11.0. The van der Waals surface area contributed by atoms with E-state index in [1.807, 2.05) is 19.9 Å². The average Bonchev–Trinajstić information content (AvgIpc) is 2.10. The van der Waals surface area contributed by atoms with E-state index in [0.717, 1.165) is 6.42 Å². The molecule has 12 heavy (non-hydrogen) atoms. The van der Waals surface area contributed by atoms with Gasteiger partial charge in [0.1, 0.15) is 5.78 Å². The molecule has 0 N–H and O–H groups in total. The first-order valence-electron chi connectivity index (χ1n) is 4.23. The Morgan fingerprint density at radius 3 is 2.58 bits per heavy atom. The van der Waals surface area contributed by atoms with Crippen LogP contribution in [0.4, 0.5) is 0 Å². The second-order valence-corrected chi connectivity index (χ2v) is 2.78. The molecule has 0 rings (SSSR count). The van der Waals surface area contributed by atoms with E-state index in [0.29, 0.717) is 12.8 Å². The number of hydrogen-bond acceptors (Lipinski definition) is 1. The minimum absolute atomic E-state index is 0.241. The predicted octanol–water partition coefficient (Wildman–Crippen LogP) is 2.72. The van der Waals surface area contributed by atoms with Gasteiger partial charge in [0.25, 0.3) is 0 Å². The highest BCUT2D eigenvalue weighted by Gasteiger charge is 1.98. The van der Waals surface area contributed by atoms with Crippen LogP contribution >= 0.6 is 0 Å². The Labute approximate surface area is 74.9 Å². The summed E-state index contributed by atoms with van der Waals surface area (Å²) in [6, 6.07) is 0. The van der Waals surface area contributed by atoms with Crippen molar-refractivity contribution in [1.29, 1.82) is 0 Å². The van der Waals surface area contributed by atoms with Crippen LogP contribution in [0.3, 0.4) is 0 Å². The van der Waals surface area contributed by atoms with Crippen molar-refractivity contribution >= 4 is 5.78 Å². The Bertz CT molecular complexity index is 225. The van der Waals surface area contributed by atoms with Crippen LogP contribution in [0.25, 0.3) is 0 Å². The van der Waals surface area contributed by atoms with Crippen molar-refractivity contribution in [3.8, 4) is 11.8 Å². The number of allylic oxidation sites excluding steroid dienone is 2. The molecule has 1 heteroatoms.